The molecule has 7 nitrogen and oxygen atoms in total. The molecule has 2 aromatic carbocycles. The van der Waals surface area contributed by atoms with Gasteiger partial charge in [0.1, 0.15) is 9.74 Å². The highest BCUT2D eigenvalue weighted by Gasteiger charge is 2.40. The zero-order chi connectivity index (χ0) is 27.0. The number of carbonyl (C=O) groups excluding carboxylic acids is 1. The van der Waals surface area contributed by atoms with Crippen molar-refractivity contribution in [2.75, 3.05) is 19.8 Å². The number of carbonyl (C=O) groups is 1. The second kappa shape index (κ2) is 10.7. The monoisotopic (exact) mass is 646 g/mol. The van der Waals surface area contributed by atoms with Crippen LogP contribution in [-0.4, -0.2) is 48.6 Å². The van der Waals surface area contributed by atoms with Crippen LogP contribution in [0.15, 0.2) is 59.8 Å². The fourth-order valence-electron chi connectivity index (χ4n) is 4.80. The SMILES string of the molecule is CNC(=O)[C@@H](c1ccccc1)N1CCn2c(S(C)(=O)=O)nc(I)c2[C@@H]1CCc1ccc(C(F)(F)F)cc1. The Kier molecular flexibility index (Phi) is 8.00. The van der Waals surface area contributed by atoms with E-state index in [0.29, 0.717) is 40.9 Å². The molecule has 1 aliphatic heterocycles. The Morgan fingerprint density at radius 1 is 1.14 bits per heavy atom. The normalized spacial score (nSPS) is 17.3. The molecule has 2 heterocycles. The number of fused-ring (bicyclic) bond motifs is 1. The molecule has 0 saturated carbocycles. The van der Waals surface area contributed by atoms with Crippen LogP contribution < -0.4 is 5.32 Å². The maximum Gasteiger partial charge on any atom is 0.416 e. The van der Waals surface area contributed by atoms with Crippen molar-refractivity contribution < 1.29 is 26.4 Å². The van der Waals surface area contributed by atoms with E-state index in [9.17, 15) is 26.4 Å². The van der Waals surface area contributed by atoms with Crippen LogP contribution in [0.1, 0.15) is 40.9 Å². The number of sulfone groups is 1. The van der Waals surface area contributed by atoms with Crippen LogP contribution >= 0.6 is 22.6 Å². The Morgan fingerprint density at radius 3 is 2.35 bits per heavy atom. The van der Waals surface area contributed by atoms with E-state index in [1.54, 1.807) is 11.6 Å². The van der Waals surface area contributed by atoms with Gasteiger partial charge in [-0.3, -0.25) is 9.69 Å². The molecule has 0 aliphatic carbocycles. The number of nitrogens with zero attached hydrogens (tertiary/aromatic N) is 3. The number of rotatable bonds is 7. The van der Waals surface area contributed by atoms with Crippen LogP contribution in [-0.2, 0) is 33.8 Å². The Morgan fingerprint density at radius 2 is 1.78 bits per heavy atom. The van der Waals surface area contributed by atoms with E-state index in [1.807, 2.05) is 57.8 Å². The second-order valence-corrected chi connectivity index (χ2v) is 11.8. The number of likely N-dealkylation sites (N-methyl/N-ethyl adjacent to an activating group) is 1. The van der Waals surface area contributed by atoms with Gasteiger partial charge >= 0.3 is 6.18 Å². The van der Waals surface area contributed by atoms with Gasteiger partial charge in [-0.05, 0) is 58.7 Å². The van der Waals surface area contributed by atoms with Crippen LogP contribution in [0.5, 0.6) is 0 Å². The van der Waals surface area contributed by atoms with Crippen molar-refractivity contribution in [3.63, 3.8) is 0 Å². The van der Waals surface area contributed by atoms with Crippen molar-refractivity contribution in [1.82, 2.24) is 19.8 Å². The number of halogens is 4. The van der Waals surface area contributed by atoms with Gasteiger partial charge in [0.15, 0.2) is 0 Å². The predicted molar refractivity (Wildman–Crippen MR) is 141 cm³/mol. The molecular weight excluding hydrogens is 620 g/mol. The molecule has 0 fully saturated rings. The van der Waals surface area contributed by atoms with Crippen LogP contribution in [0.4, 0.5) is 13.2 Å². The van der Waals surface area contributed by atoms with E-state index in [1.165, 1.54) is 12.1 Å². The molecular formula is C25H26F3IN4O3S. The molecule has 0 spiro atoms. The van der Waals surface area contributed by atoms with Gasteiger partial charge in [0.2, 0.25) is 20.9 Å². The summed E-state index contributed by atoms with van der Waals surface area (Å²) >= 11 is 2.01. The van der Waals surface area contributed by atoms with Gasteiger partial charge in [-0.2, -0.15) is 13.2 Å². The first-order chi connectivity index (χ1) is 17.4. The number of hydrogen-bond donors (Lipinski definition) is 1. The van der Waals surface area contributed by atoms with Crippen LogP contribution in [0.2, 0.25) is 0 Å². The lowest BCUT2D eigenvalue weighted by Crippen LogP contribution is -2.46. The Bertz CT molecular complexity index is 1380. The summed E-state index contributed by atoms with van der Waals surface area (Å²) in [6.45, 7) is 0.706. The van der Waals surface area contributed by atoms with Crippen LogP contribution in [0.25, 0.3) is 0 Å². The van der Waals surface area contributed by atoms with E-state index in [2.05, 4.69) is 10.3 Å². The molecule has 198 valence electrons. The molecule has 1 aromatic heterocycles. The maximum atomic E-state index is 13.1. The molecule has 1 aliphatic rings. The van der Waals surface area contributed by atoms with Crippen molar-refractivity contribution in [2.24, 2.45) is 0 Å². The molecule has 0 radical (unpaired) electrons. The number of benzene rings is 2. The molecule has 12 heteroatoms. The number of nitrogens with one attached hydrogen (secondary N) is 1. The summed E-state index contributed by atoms with van der Waals surface area (Å²) in [5, 5.41) is 2.71. The maximum absolute atomic E-state index is 13.1. The largest absolute Gasteiger partial charge is 0.416 e. The quantitative estimate of drug-likeness (QED) is 0.386. The second-order valence-electron chi connectivity index (χ2n) is 8.91. The third-order valence-corrected chi connectivity index (χ3v) is 8.25. The first-order valence-electron chi connectivity index (χ1n) is 11.6. The molecule has 3 aromatic rings. The Labute approximate surface area is 227 Å². The lowest BCUT2D eigenvalue weighted by Gasteiger charge is -2.41. The van der Waals surface area contributed by atoms with Gasteiger partial charge in [-0.25, -0.2) is 13.4 Å². The molecule has 0 unspecified atom stereocenters. The average molecular weight is 646 g/mol. The fraction of sp³-hybridized carbons (Fsp3) is 0.360. The van der Waals surface area contributed by atoms with Crippen molar-refractivity contribution in [2.45, 2.75) is 42.8 Å². The smallest absolute Gasteiger partial charge is 0.358 e. The lowest BCUT2D eigenvalue weighted by atomic mass is 9.95. The van der Waals surface area contributed by atoms with Gasteiger partial charge in [-0.15, -0.1) is 0 Å². The molecule has 0 bridgehead atoms. The summed E-state index contributed by atoms with van der Waals surface area (Å²) in [5.74, 6) is -0.211. The standard InChI is InChI=1S/C25H26F3IN4O3S/c1-30-23(34)20(17-6-4-3-5-7-17)32-14-15-33-21(22(29)31-24(33)37(2,35)36)19(32)13-10-16-8-11-18(12-9-16)25(26,27)28/h3-9,11-12,19-20H,10,13-15H2,1-2H3,(H,30,34)/t19-,20+/m0/s1. The van der Waals surface area contributed by atoms with E-state index >= 15 is 0 Å². The average Bonchev–Trinajstić information content (AvgIpc) is 3.21. The summed E-state index contributed by atoms with van der Waals surface area (Å²) in [7, 11) is -2.04. The van der Waals surface area contributed by atoms with Crippen LogP contribution in [0, 0.1) is 3.70 Å². The summed E-state index contributed by atoms with van der Waals surface area (Å²) in [6, 6.07) is 13.3. The van der Waals surface area contributed by atoms with Gasteiger partial charge in [0.25, 0.3) is 0 Å². The highest BCUT2D eigenvalue weighted by Crippen LogP contribution is 2.40. The summed E-state index contributed by atoms with van der Waals surface area (Å²) in [5.41, 5.74) is 1.46. The molecule has 1 N–H and O–H groups in total. The number of hydrogen-bond acceptors (Lipinski definition) is 5. The molecule has 0 saturated heterocycles. The van der Waals surface area contributed by atoms with Crippen molar-refractivity contribution >= 4 is 38.3 Å². The van der Waals surface area contributed by atoms with Gasteiger partial charge in [-0.1, -0.05) is 42.5 Å². The zero-order valence-corrected chi connectivity index (χ0v) is 23.1. The zero-order valence-electron chi connectivity index (χ0n) is 20.2. The van der Waals surface area contributed by atoms with E-state index in [-0.39, 0.29) is 11.1 Å². The van der Waals surface area contributed by atoms with Gasteiger partial charge < -0.3 is 9.88 Å². The summed E-state index contributed by atoms with van der Waals surface area (Å²) in [6.07, 6.45) is -2.44. The number of aryl methyl sites for hydroxylation is 1. The van der Waals surface area contributed by atoms with Crippen molar-refractivity contribution in [3.05, 3.63) is 80.7 Å². The molecule has 37 heavy (non-hydrogen) atoms. The number of amides is 1. The number of imidazole rings is 1. The Balaban J connectivity index is 1.76. The number of aromatic nitrogens is 2. The third-order valence-electron chi connectivity index (χ3n) is 6.49. The third kappa shape index (κ3) is 5.85. The Hall–Kier alpha value is -2.45. The molecule has 1 amide bonds. The van der Waals surface area contributed by atoms with E-state index < -0.39 is 33.7 Å². The number of alkyl halides is 3. The van der Waals surface area contributed by atoms with E-state index in [0.717, 1.165) is 24.0 Å². The minimum atomic E-state index is -4.42. The first-order valence-corrected chi connectivity index (χ1v) is 14.5. The van der Waals surface area contributed by atoms with Crippen molar-refractivity contribution in [1.29, 1.82) is 0 Å². The predicted octanol–water partition coefficient (Wildman–Crippen LogP) is 4.39. The lowest BCUT2D eigenvalue weighted by molar-refractivity contribution is -0.137. The highest BCUT2D eigenvalue weighted by molar-refractivity contribution is 14.1. The minimum absolute atomic E-state index is 0.0257. The fourth-order valence-corrected chi connectivity index (χ4v) is 6.69. The minimum Gasteiger partial charge on any atom is -0.358 e. The molecule has 2 atom stereocenters. The highest BCUT2D eigenvalue weighted by atomic mass is 127. The van der Waals surface area contributed by atoms with Gasteiger partial charge in [0.05, 0.1) is 17.3 Å². The van der Waals surface area contributed by atoms with Crippen molar-refractivity contribution in [3.8, 4) is 0 Å². The topological polar surface area (TPSA) is 84.3 Å². The summed E-state index contributed by atoms with van der Waals surface area (Å²) in [4.78, 5) is 19.5. The van der Waals surface area contributed by atoms with Gasteiger partial charge in [0, 0.05) is 26.4 Å². The summed E-state index contributed by atoms with van der Waals surface area (Å²) < 4.78 is 66.1. The van der Waals surface area contributed by atoms with Crippen LogP contribution in [0.3, 0.4) is 0 Å². The molecule has 4 rings (SSSR count). The van der Waals surface area contributed by atoms with E-state index in [4.69, 9.17) is 0 Å². The first kappa shape index (κ1) is 27.6.